The van der Waals surface area contributed by atoms with E-state index in [4.69, 9.17) is 4.42 Å². The number of para-hydroxylation sites is 2. The Morgan fingerprint density at radius 2 is 1.03 bits per heavy atom. The molecule has 0 fully saturated rings. The Morgan fingerprint density at radius 3 is 1.74 bits per heavy atom. The van der Waals surface area contributed by atoms with Crippen molar-refractivity contribution in [2.75, 3.05) is 0 Å². The minimum atomic E-state index is 0.921. The summed E-state index contributed by atoms with van der Waals surface area (Å²) in [5.74, 6) is 0. The Morgan fingerprint density at radius 1 is 0.421 bits per heavy atom. The lowest BCUT2D eigenvalue weighted by atomic mass is 9.98. The van der Waals surface area contributed by atoms with Crippen molar-refractivity contribution in [3.63, 3.8) is 0 Å². The van der Waals surface area contributed by atoms with Crippen LogP contribution in [0.15, 0.2) is 144 Å². The third kappa shape index (κ3) is 3.14. The summed E-state index contributed by atoms with van der Waals surface area (Å²) >= 11 is 0. The largest absolute Gasteiger partial charge is 0.455 e. The minimum Gasteiger partial charge on any atom is -0.455 e. The van der Waals surface area contributed by atoms with Crippen LogP contribution in [-0.2, 0) is 0 Å². The lowest BCUT2D eigenvalue weighted by molar-refractivity contribution is 0.673. The smallest absolute Gasteiger partial charge is 0.145 e. The Kier molecular flexibility index (Phi) is 4.55. The van der Waals surface area contributed by atoms with Crippen LogP contribution in [0.3, 0.4) is 0 Å². The summed E-state index contributed by atoms with van der Waals surface area (Å²) in [4.78, 5) is 0. The molecule has 0 saturated heterocycles. The Labute approximate surface area is 220 Å². The zero-order chi connectivity index (χ0) is 25.1. The Hall–Kier alpha value is -5.08. The predicted molar refractivity (Wildman–Crippen MR) is 159 cm³/mol. The van der Waals surface area contributed by atoms with Crippen molar-refractivity contribution in [3.05, 3.63) is 140 Å². The first-order valence-electron chi connectivity index (χ1n) is 12.9. The van der Waals surface area contributed by atoms with Gasteiger partial charge in [0.1, 0.15) is 11.2 Å². The number of rotatable bonds is 3. The predicted octanol–water partition coefficient (Wildman–Crippen LogP) is 10.0. The van der Waals surface area contributed by atoms with E-state index in [0.717, 1.165) is 38.5 Å². The van der Waals surface area contributed by atoms with Crippen molar-refractivity contribution < 1.29 is 4.42 Å². The average molecular weight is 486 g/mol. The molecule has 0 saturated carbocycles. The van der Waals surface area contributed by atoms with E-state index in [9.17, 15) is 0 Å². The highest BCUT2D eigenvalue weighted by molar-refractivity contribution is 6.23. The van der Waals surface area contributed by atoms with Crippen molar-refractivity contribution in [1.82, 2.24) is 4.57 Å². The standard InChI is InChI=1S/C36H23NO/c1-3-11-24(12-4-1)26-21-27(25-13-5-2-6-14-25)23-28(22-26)37-32-17-9-7-16-31(32)35-33(37)20-19-30-29-15-8-10-18-34(29)38-36(30)35/h1-23H. The van der Waals surface area contributed by atoms with Crippen LogP contribution in [-0.4, -0.2) is 4.57 Å². The molecule has 8 rings (SSSR count). The number of aromatic nitrogens is 1. The number of hydrogen-bond donors (Lipinski definition) is 0. The summed E-state index contributed by atoms with van der Waals surface area (Å²) in [6.07, 6.45) is 0. The normalized spacial score (nSPS) is 11.7. The minimum absolute atomic E-state index is 0.921. The molecule has 0 radical (unpaired) electrons. The van der Waals surface area contributed by atoms with Crippen LogP contribution in [0.25, 0.3) is 71.7 Å². The van der Waals surface area contributed by atoms with E-state index >= 15 is 0 Å². The molecule has 0 aliphatic rings. The van der Waals surface area contributed by atoms with Crippen LogP contribution >= 0.6 is 0 Å². The number of furan rings is 1. The topological polar surface area (TPSA) is 18.1 Å². The second-order valence-electron chi connectivity index (χ2n) is 9.79. The second-order valence-corrected chi connectivity index (χ2v) is 9.79. The van der Waals surface area contributed by atoms with E-state index in [0.29, 0.717) is 0 Å². The van der Waals surface area contributed by atoms with E-state index in [1.807, 2.05) is 6.07 Å². The number of hydrogen-bond acceptors (Lipinski definition) is 1. The van der Waals surface area contributed by atoms with Crippen molar-refractivity contribution in [2.45, 2.75) is 0 Å². The quantitative estimate of drug-likeness (QED) is 0.243. The van der Waals surface area contributed by atoms with Gasteiger partial charge in [0.25, 0.3) is 0 Å². The summed E-state index contributed by atoms with van der Waals surface area (Å²) < 4.78 is 8.88. The summed E-state index contributed by atoms with van der Waals surface area (Å²) in [6, 6.07) is 49.5. The van der Waals surface area contributed by atoms with Gasteiger partial charge in [0.05, 0.1) is 16.4 Å². The van der Waals surface area contributed by atoms with Crippen LogP contribution in [0, 0.1) is 0 Å². The molecule has 6 aromatic carbocycles. The van der Waals surface area contributed by atoms with E-state index in [-0.39, 0.29) is 0 Å². The molecular formula is C36H23NO. The average Bonchev–Trinajstić information content (AvgIpc) is 3.53. The fourth-order valence-corrected chi connectivity index (χ4v) is 5.85. The summed E-state index contributed by atoms with van der Waals surface area (Å²) in [6.45, 7) is 0. The van der Waals surface area contributed by atoms with Gasteiger partial charge in [-0.2, -0.15) is 0 Å². The summed E-state index contributed by atoms with van der Waals surface area (Å²) in [5, 5.41) is 4.65. The summed E-state index contributed by atoms with van der Waals surface area (Å²) in [5.41, 5.74) is 10.1. The zero-order valence-corrected chi connectivity index (χ0v) is 20.6. The van der Waals surface area contributed by atoms with E-state index < -0.39 is 0 Å². The SMILES string of the molecule is c1ccc(-c2cc(-c3ccccc3)cc(-n3c4ccccc4c4c5oc6ccccc6c5ccc43)c2)cc1. The third-order valence-electron chi connectivity index (χ3n) is 7.57. The van der Waals surface area contributed by atoms with Gasteiger partial charge in [-0.15, -0.1) is 0 Å². The fourth-order valence-electron chi connectivity index (χ4n) is 5.85. The first-order valence-corrected chi connectivity index (χ1v) is 12.9. The molecule has 8 aromatic rings. The molecule has 38 heavy (non-hydrogen) atoms. The van der Waals surface area contributed by atoms with Gasteiger partial charge >= 0.3 is 0 Å². The van der Waals surface area contributed by atoms with Crippen LogP contribution < -0.4 is 0 Å². The molecule has 0 aliphatic heterocycles. The van der Waals surface area contributed by atoms with Crippen LogP contribution in [0.1, 0.15) is 0 Å². The highest BCUT2D eigenvalue weighted by Gasteiger charge is 2.19. The van der Waals surface area contributed by atoms with Gasteiger partial charge in [0, 0.05) is 21.8 Å². The molecule has 0 spiro atoms. The number of nitrogens with zero attached hydrogens (tertiary/aromatic N) is 1. The van der Waals surface area contributed by atoms with Crippen LogP contribution in [0.5, 0.6) is 0 Å². The van der Waals surface area contributed by atoms with Crippen molar-refractivity contribution in [3.8, 4) is 27.9 Å². The molecule has 178 valence electrons. The third-order valence-corrected chi connectivity index (χ3v) is 7.57. The number of benzene rings is 6. The lowest BCUT2D eigenvalue weighted by Crippen LogP contribution is -1.96. The molecule has 2 aromatic heterocycles. The van der Waals surface area contributed by atoms with Gasteiger partial charge in [-0.1, -0.05) is 97.1 Å². The fraction of sp³-hybridized carbons (Fsp3) is 0. The van der Waals surface area contributed by atoms with Gasteiger partial charge in [-0.3, -0.25) is 0 Å². The van der Waals surface area contributed by atoms with Crippen LogP contribution in [0.2, 0.25) is 0 Å². The molecule has 2 nitrogen and oxygen atoms in total. The van der Waals surface area contributed by atoms with Gasteiger partial charge in [0.2, 0.25) is 0 Å². The molecule has 0 aliphatic carbocycles. The van der Waals surface area contributed by atoms with Crippen molar-refractivity contribution in [2.24, 2.45) is 0 Å². The Balaban J connectivity index is 1.49. The Bertz CT molecular complexity index is 2060. The number of fused-ring (bicyclic) bond motifs is 7. The maximum atomic E-state index is 6.50. The molecule has 2 heterocycles. The molecule has 0 atom stereocenters. The first-order chi connectivity index (χ1) is 18.8. The molecule has 0 N–H and O–H groups in total. The monoisotopic (exact) mass is 485 g/mol. The maximum absolute atomic E-state index is 6.50. The highest BCUT2D eigenvalue weighted by atomic mass is 16.3. The van der Waals surface area contributed by atoms with Gasteiger partial charge < -0.3 is 8.98 Å². The summed E-state index contributed by atoms with van der Waals surface area (Å²) in [7, 11) is 0. The van der Waals surface area contributed by atoms with Gasteiger partial charge in [-0.05, 0) is 64.7 Å². The lowest BCUT2D eigenvalue weighted by Gasteiger charge is -2.14. The van der Waals surface area contributed by atoms with Gasteiger partial charge in [0.15, 0.2) is 0 Å². The van der Waals surface area contributed by atoms with Gasteiger partial charge in [-0.25, -0.2) is 0 Å². The second kappa shape index (κ2) is 8.22. The molecule has 0 bridgehead atoms. The first kappa shape index (κ1) is 21.0. The van der Waals surface area contributed by atoms with E-state index in [1.165, 1.54) is 33.2 Å². The molecule has 0 amide bonds. The van der Waals surface area contributed by atoms with E-state index in [2.05, 4.69) is 138 Å². The maximum Gasteiger partial charge on any atom is 0.145 e. The van der Waals surface area contributed by atoms with Crippen molar-refractivity contribution in [1.29, 1.82) is 0 Å². The van der Waals surface area contributed by atoms with Crippen molar-refractivity contribution >= 4 is 43.7 Å². The molecular weight excluding hydrogens is 462 g/mol. The van der Waals surface area contributed by atoms with E-state index in [1.54, 1.807) is 0 Å². The van der Waals surface area contributed by atoms with Crippen LogP contribution in [0.4, 0.5) is 0 Å². The highest BCUT2D eigenvalue weighted by Crippen LogP contribution is 2.41. The molecule has 2 heteroatoms. The molecule has 0 unspecified atom stereocenters. The zero-order valence-electron chi connectivity index (χ0n) is 20.6.